The van der Waals surface area contributed by atoms with Gasteiger partial charge in [0.05, 0.1) is 5.69 Å². The van der Waals surface area contributed by atoms with Crippen molar-refractivity contribution >= 4 is 11.2 Å². The normalized spacial score (nSPS) is 11.8. The number of hydrogen-bond donors (Lipinski definition) is 0. The second kappa shape index (κ2) is 4.90. The number of nitrogens with zero attached hydrogens (tertiary/aromatic N) is 2. The van der Waals surface area contributed by atoms with Crippen molar-refractivity contribution in [1.82, 2.24) is 9.55 Å². The van der Waals surface area contributed by atoms with Crippen molar-refractivity contribution in [3.63, 3.8) is 0 Å². The molecule has 3 aromatic rings. The quantitative estimate of drug-likeness (QED) is 0.730. The lowest BCUT2D eigenvalue weighted by atomic mass is 10.1. The van der Waals surface area contributed by atoms with Crippen molar-refractivity contribution in [2.24, 2.45) is 7.05 Å². The van der Waals surface area contributed by atoms with Crippen molar-refractivity contribution in [3.05, 3.63) is 46.9 Å². The van der Waals surface area contributed by atoms with E-state index in [1.165, 1.54) is 35.9 Å². The largest absolute Gasteiger partial charge is 0.573 e. The van der Waals surface area contributed by atoms with E-state index in [2.05, 4.69) is 9.72 Å². The van der Waals surface area contributed by atoms with Crippen LogP contribution >= 0.6 is 0 Å². The molecule has 22 heavy (non-hydrogen) atoms. The molecule has 0 N–H and O–H groups in total. The van der Waals surface area contributed by atoms with Gasteiger partial charge in [0.25, 0.3) is 0 Å². The molecule has 0 aliphatic rings. The highest BCUT2D eigenvalue weighted by Crippen LogP contribution is 2.26. The van der Waals surface area contributed by atoms with Gasteiger partial charge in [-0.05, 0) is 36.4 Å². The summed E-state index contributed by atoms with van der Waals surface area (Å²) in [6.07, 6.45) is -4.73. The van der Waals surface area contributed by atoms with E-state index in [4.69, 9.17) is 4.42 Å². The molecule has 0 radical (unpaired) electrons. The SMILES string of the molecule is Cn1c(=O)oc2ccc(-c3ccc(OC(F)(F)F)cc3)nc21. The molecule has 2 heterocycles. The highest BCUT2D eigenvalue weighted by Gasteiger charge is 2.30. The molecule has 2 aromatic heterocycles. The van der Waals surface area contributed by atoms with Gasteiger partial charge < -0.3 is 9.15 Å². The van der Waals surface area contributed by atoms with Crippen LogP contribution in [0.5, 0.6) is 5.75 Å². The fraction of sp³-hybridized carbons (Fsp3) is 0.143. The highest BCUT2D eigenvalue weighted by molar-refractivity contribution is 5.73. The fourth-order valence-electron chi connectivity index (χ4n) is 1.99. The monoisotopic (exact) mass is 310 g/mol. The average Bonchev–Trinajstić information content (AvgIpc) is 2.73. The van der Waals surface area contributed by atoms with Gasteiger partial charge in [-0.3, -0.25) is 4.57 Å². The number of rotatable bonds is 2. The third-order valence-electron chi connectivity index (χ3n) is 3.01. The second-order valence-electron chi connectivity index (χ2n) is 4.52. The average molecular weight is 310 g/mol. The van der Waals surface area contributed by atoms with Crippen LogP contribution in [-0.4, -0.2) is 15.9 Å². The second-order valence-corrected chi connectivity index (χ2v) is 4.52. The third kappa shape index (κ3) is 2.67. The first-order chi connectivity index (χ1) is 10.3. The fourth-order valence-corrected chi connectivity index (χ4v) is 1.99. The minimum atomic E-state index is -4.73. The zero-order chi connectivity index (χ0) is 15.9. The van der Waals surface area contributed by atoms with Crippen LogP contribution < -0.4 is 10.5 Å². The van der Waals surface area contributed by atoms with Crippen LogP contribution in [-0.2, 0) is 7.05 Å². The predicted octanol–water partition coefficient (Wildman–Crippen LogP) is 3.09. The molecule has 5 nitrogen and oxygen atoms in total. The van der Waals surface area contributed by atoms with Gasteiger partial charge in [-0.15, -0.1) is 13.2 Å². The lowest BCUT2D eigenvalue weighted by Crippen LogP contribution is -2.16. The van der Waals surface area contributed by atoms with Crippen molar-refractivity contribution < 1.29 is 22.3 Å². The summed E-state index contributed by atoms with van der Waals surface area (Å²) in [5.41, 5.74) is 1.79. The number of halogens is 3. The molecule has 3 rings (SSSR count). The van der Waals surface area contributed by atoms with Gasteiger partial charge in [-0.2, -0.15) is 0 Å². The molecular weight excluding hydrogens is 301 g/mol. The molecule has 0 fully saturated rings. The van der Waals surface area contributed by atoms with Gasteiger partial charge >= 0.3 is 12.1 Å². The standard InChI is InChI=1S/C14H9F3N2O3/c1-19-12-11(21-13(19)20)7-6-10(18-12)8-2-4-9(5-3-8)22-14(15,16)17/h2-7H,1H3. The first kappa shape index (κ1) is 14.2. The molecule has 0 unspecified atom stereocenters. The van der Waals surface area contributed by atoms with Gasteiger partial charge in [-0.25, -0.2) is 9.78 Å². The summed E-state index contributed by atoms with van der Waals surface area (Å²) in [5, 5.41) is 0. The van der Waals surface area contributed by atoms with Crippen LogP contribution in [0, 0.1) is 0 Å². The van der Waals surface area contributed by atoms with E-state index in [0.717, 1.165) is 0 Å². The Kier molecular flexibility index (Phi) is 3.16. The van der Waals surface area contributed by atoms with E-state index in [1.54, 1.807) is 12.1 Å². The lowest BCUT2D eigenvalue weighted by Gasteiger charge is -2.09. The maximum Gasteiger partial charge on any atom is 0.573 e. The predicted molar refractivity (Wildman–Crippen MR) is 71.4 cm³/mol. The number of aromatic nitrogens is 2. The topological polar surface area (TPSA) is 57.3 Å². The highest BCUT2D eigenvalue weighted by atomic mass is 19.4. The van der Waals surface area contributed by atoms with Crippen LogP contribution in [0.2, 0.25) is 0 Å². The van der Waals surface area contributed by atoms with Crippen LogP contribution in [0.4, 0.5) is 13.2 Å². The molecule has 0 atom stereocenters. The van der Waals surface area contributed by atoms with E-state index in [0.29, 0.717) is 22.5 Å². The van der Waals surface area contributed by atoms with Crippen molar-refractivity contribution in [3.8, 4) is 17.0 Å². The maximum absolute atomic E-state index is 12.1. The Bertz CT molecular complexity index is 879. The summed E-state index contributed by atoms with van der Waals surface area (Å²) in [6, 6.07) is 8.50. The van der Waals surface area contributed by atoms with Crippen LogP contribution in [0.3, 0.4) is 0 Å². The van der Waals surface area contributed by atoms with E-state index in [9.17, 15) is 18.0 Å². The molecule has 0 spiro atoms. The molecule has 0 aliphatic carbocycles. The Morgan fingerprint density at radius 1 is 1.14 bits per heavy atom. The molecule has 0 amide bonds. The number of hydrogen-bond acceptors (Lipinski definition) is 4. The number of alkyl halides is 3. The Labute approximate surface area is 121 Å². The minimum Gasteiger partial charge on any atom is -0.406 e. The van der Waals surface area contributed by atoms with Gasteiger partial charge in [0.1, 0.15) is 5.75 Å². The smallest absolute Gasteiger partial charge is 0.406 e. The molecule has 0 aliphatic heterocycles. The summed E-state index contributed by atoms with van der Waals surface area (Å²) in [6.45, 7) is 0. The molecule has 1 aromatic carbocycles. The molecular formula is C14H9F3N2O3. The number of ether oxygens (including phenoxy) is 1. The van der Waals surface area contributed by atoms with Crippen molar-refractivity contribution in [2.75, 3.05) is 0 Å². The summed E-state index contributed by atoms with van der Waals surface area (Å²) < 4.78 is 46.3. The van der Waals surface area contributed by atoms with Crippen LogP contribution in [0.25, 0.3) is 22.5 Å². The Morgan fingerprint density at radius 2 is 1.82 bits per heavy atom. The number of fused-ring (bicyclic) bond motifs is 1. The van der Waals surface area contributed by atoms with Gasteiger partial charge in [-0.1, -0.05) is 0 Å². The van der Waals surface area contributed by atoms with E-state index < -0.39 is 12.1 Å². The molecule has 0 bridgehead atoms. The first-order valence-corrected chi connectivity index (χ1v) is 6.16. The van der Waals surface area contributed by atoms with Gasteiger partial charge in [0.2, 0.25) is 0 Å². The third-order valence-corrected chi connectivity index (χ3v) is 3.01. The van der Waals surface area contributed by atoms with Crippen LogP contribution in [0.1, 0.15) is 0 Å². The number of benzene rings is 1. The van der Waals surface area contributed by atoms with E-state index >= 15 is 0 Å². The Balaban J connectivity index is 1.97. The first-order valence-electron chi connectivity index (χ1n) is 6.16. The summed E-state index contributed by atoms with van der Waals surface area (Å²) in [7, 11) is 1.52. The minimum absolute atomic E-state index is 0.312. The van der Waals surface area contributed by atoms with E-state index in [-0.39, 0.29) is 5.75 Å². The zero-order valence-corrected chi connectivity index (χ0v) is 11.2. The maximum atomic E-state index is 12.1. The number of aryl methyl sites for hydroxylation is 1. The molecule has 0 saturated carbocycles. The zero-order valence-electron chi connectivity index (χ0n) is 11.2. The van der Waals surface area contributed by atoms with Crippen LogP contribution in [0.15, 0.2) is 45.6 Å². The lowest BCUT2D eigenvalue weighted by molar-refractivity contribution is -0.274. The molecule has 8 heteroatoms. The number of pyridine rings is 1. The Hall–Kier alpha value is -2.77. The van der Waals surface area contributed by atoms with Crippen molar-refractivity contribution in [2.45, 2.75) is 6.36 Å². The van der Waals surface area contributed by atoms with Crippen molar-refractivity contribution in [1.29, 1.82) is 0 Å². The van der Waals surface area contributed by atoms with Gasteiger partial charge in [0, 0.05) is 12.6 Å². The number of oxazole rings is 1. The van der Waals surface area contributed by atoms with E-state index in [1.807, 2.05) is 0 Å². The van der Waals surface area contributed by atoms with Gasteiger partial charge in [0.15, 0.2) is 11.2 Å². The molecule has 114 valence electrons. The summed E-state index contributed by atoms with van der Waals surface area (Å²) in [4.78, 5) is 15.7. The molecule has 0 saturated heterocycles. The Morgan fingerprint density at radius 3 is 2.45 bits per heavy atom. The summed E-state index contributed by atoms with van der Waals surface area (Å²) >= 11 is 0. The summed E-state index contributed by atoms with van der Waals surface area (Å²) in [5.74, 6) is -0.846.